The number of hydrogen-bond donors (Lipinski definition) is 1. The molecule has 0 bridgehead atoms. The molecule has 1 aliphatic rings. The first kappa shape index (κ1) is 22.9. The summed E-state index contributed by atoms with van der Waals surface area (Å²) in [5.41, 5.74) is 4.40. The van der Waals surface area contributed by atoms with Crippen LogP contribution in [-0.2, 0) is 13.2 Å². The highest BCUT2D eigenvalue weighted by Gasteiger charge is 2.20. The third-order valence-electron chi connectivity index (χ3n) is 5.92. The summed E-state index contributed by atoms with van der Waals surface area (Å²) in [4.78, 5) is 9.32. The predicted molar refractivity (Wildman–Crippen MR) is 137 cm³/mol. The highest BCUT2D eigenvalue weighted by atomic mass is 32.1. The summed E-state index contributed by atoms with van der Waals surface area (Å²) in [7, 11) is 0. The molecular weight excluding hydrogens is 466 g/mol. The number of anilines is 2. The summed E-state index contributed by atoms with van der Waals surface area (Å²) in [5, 5.41) is 13.0. The minimum Gasteiger partial charge on any atom is -0.338 e. The van der Waals surface area contributed by atoms with E-state index in [1.807, 2.05) is 22.9 Å². The van der Waals surface area contributed by atoms with Crippen LogP contribution in [0.3, 0.4) is 0 Å². The smallest absolute Gasteiger partial charge is 0.241 e. The number of rotatable bonds is 7. The lowest BCUT2D eigenvalue weighted by Gasteiger charge is -2.33. The van der Waals surface area contributed by atoms with Gasteiger partial charge < -0.3 is 9.84 Å². The number of aromatic nitrogens is 4. The summed E-state index contributed by atoms with van der Waals surface area (Å²) < 4.78 is 8.19. The first-order valence-electron chi connectivity index (χ1n) is 11.3. The van der Waals surface area contributed by atoms with E-state index in [2.05, 4.69) is 74.5 Å². The van der Waals surface area contributed by atoms with Gasteiger partial charge in [-0.05, 0) is 43.8 Å². The number of hydrogen-bond acceptors (Lipinski definition) is 9. The molecule has 0 radical (unpaired) electrons. The van der Waals surface area contributed by atoms with Crippen LogP contribution in [0.5, 0.6) is 0 Å². The second-order valence-corrected chi connectivity index (χ2v) is 10.1. The molecule has 34 heavy (non-hydrogen) atoms. The van der Waals surface area contributed by atoms with Crippen LogP contribution in [0.2, 0.25) is 0 Å². The number of nitrogens with one attached hydrogen (secondary N) is 1. The van der Waals surface area contributed by atoms with Crippen molar-refractivity contribution >= 4 is 34.4 Å². The van der Waals surface area contributed by atoms with Gasteiger partial charge >= 0.3 is 0 Å². The Bertz CT molecular complexity index is 1300. The molecule has 0 aliphatic carbocycles. The molecule has 2 aromatic heterocycles. The van der Waals surface area contributed by atoms with E-state index in [-0.39, 0.29) is 0 Å². The molecule has 0 unspecified atom stereocenters. The maximum atomic E-state index is 5.55. The van der Waals surface area contributed by atoms with E-state index in [0.29, 0.717) is 24.9 Å². The molecule has 0 atom stereocenters. The topological polar surface area (TPSA) is 75.2 Å². The molecule has 0 amide bonds. The number of piperazine rings is 1. The fourth-order valence-corrected chi connectivity index (χ4v) is 4.94. The second kappa shape index (κ2) is 10.1. The largest absolute Gasteiger partial charge is 0.338 e. The molecule has 0 spiro atoms. The molecule has 3 heterocycles. The van der Waals surface area contributed by atoms with Gasteiger partial charge in [0, 0.05) is 37.4 Å². The molecule has 5 rings (SSSR count). The van der Waals surface area contributed by atoms with E-state index in [1.165, 1.54) is 16.9 Å². The minimum absolute atomic E-state index is 0.652. The van der Waals surface area contributed by atoms with Crippen molar-refractivity contribution in [3.05, 3.63) is 69.5 Å². The van der Waals surface area contributed by atoms with E-state index >= 15 is 0 Å². The quantitative estimate of drug-likeness (QED) is 0.366. The Balaban J connectivity index is 1.14. The molecule has 8 nitrogen and oxygen atoms in total. The van der Waals surface area contributed by atoms with Crippen molar-refractivity contribution in [1.82, 2.24) is 29.7 Å². The van der Waals surface area contributed by atoms with Crippen molar-refractivity contribution in [2.45, 2.75) is 27.1 Å². The molecule has 2 aromatic carbocycles. The highest BCUT2D eigenvalue weighted by Crippen LogP contribution is 2.22. The lowest BCUT2D eigenvalue weighted by atomic mass is 10.1. The molecule has 1 aliphatic heterocycles. The monoisotopic (exact) mass is 493 g/mol. The van der Waals surface area contributed by atoms with Gasteiger partial charge in [0.2, 0.25) is 16.8 Å². The van der Waals surface area contributed by atoms with Crippen molar-refractivity contribution in [3.8, 4) is 11.4 Å². The van der Waals surface area contributed by atoms with Crippen molar-refractivity contribution in [3.63, 3.8) is 0 Å². The third-order valence-corrected chi connectivity index (χ3v) is 7.14. The van der Waals surface area contributed by atoms with Gasteiger partial charge in [-0.15, -0.1) is 5.10 Å². The Hall–Kier alpha value is -2.92. The van der Waals surface area contributed by atoms with Crippen molar-refractivity contribution in [1.29, 1.82) is 0 Å². The zero-order valence-electron chi connectivity index (χ0n) is 19.3. The number of nitrogens with zero attached hydrogens (tertiary/aromatic N) is 6. The van der Waals surface area contributed by atoms with Gasteiger partial charge in [0.15, 0.2) is 3.95 Å². The molecule has 4 aromatic rings. The zero-order valence-corrected chi connectivity index (χ0v) is 20.9. The lowest BCUT2D eigenvalue weighted by molar-refractivity contribution is 0.0912. The number of benzene rings is 2. The zero-order chi connectivity index (χ0) is 23.5. The molecule has 0 saturated carbocycles. The first-order valence-corrected chi connectivity index (χ1v) is 12.5. The van der Waals surface area contributed by atoms with Gasteiger partial charge in [-0.25, -0.2) is 4.68 Å². The van der Waals surface area contributed by atoms with Gasteiger partial charge in [0.05, 0.1) is 13.2 Å². The van der Waals surface area contributed by atoms with Crippen LogP contribution in [-0.4, -0.2) is 55.9 Å². The third kappa shape index (κ3) is 5.41. The van der Waals surface area contributed by atoms with E-state index in [9.17, 15) is 0 Å². The van der Waals surface area contributed by atoms with Gasteiger partial charge in [-0.3, -0.25) is 9.80 Å². The van der Waals surface area contributed by atoms with Crippen molar-refractivity contribution < 1.29 is 4.52 Å². The first-order chi connectivity index (χ1) is 16.5. The van der Waals surface area contributed by atoms with E-state index < -0.39 is 0 Å². The fraction of sp³-hybridized carbons (Fsp3) is 0.333. The van der Waals surface area contributed by atoms with Crippen LogP contribution in [0.25, 0.3) is 11.4 Å². The molecule has 1 saturated heterocycles. The fourth-order valence-electron chi connectivity index (χ4n) is 3.93. The van der Waals surface area contributed by atoms with Crippen molar-refractivity contribution in [2.24, 2.45) is 0 Å². The van der Waals surface area contributed by atoms with E-state index in [1.54, 1.807) is 0 Å². The maximum absolute atomic E-state index is 5.55. The molecule has 1 fully saturated rings. The van der Waals surface area contributed by atoms with Gasteiger partial charge in [0.25, 0.3) is 0 Å². The predicted octanol–water partition coefficient (Wildman–Crippen LogP) is 4.86. The van der Waals surface area contributed by atoms with Crippen LogP contribution in [0.15, 0.2) is 53.1 Å². The van der Waals surface area contributed by atoms with E-state index in [4.69, 9.17) is 16.7 Å². The molecule has 176 valence electrons. The Morgan fingerprint density at radius 1 is 1.00 bits per heavy atom. The summed E-state index contributed by atoms with van der Waals surface area (Å²) in [6.45, 7) is 9.19. The Morgan fingerprint density at radius 3 is 2.50 bits per heavy atom. The summed E-state index contributed by atoms with van der Waals surface area (Å²) in [6, 6.07) is 16.3. The van der Waals surface area contributed by atoms with Crippen LogP contribution >= 0.6 is 23.6 Å². The SMILES string of the molecule is Cc1ccc(Nc2nn(CN3CCN(Cc4nc(-c5ccccc5C)no4)CC3)c(=S)s2)cc1. The average molecular weight is 494 g/mol. The summed E-state index contributed by atoms with van der Waals surface area (Å²) >= 11 is 7.05. The highest BCUT2D eigenvalue weighted by molar-refractivity contribution is 7.73. The van der Waals surface area contributed by atoms with E-state index in [0.717, 1.165) is 52.1 Å². The Kier molecular flexibility index (Phi) is 6.82. The lowest BCUT2D eigenvalue weighted by Crippen LogP contribution is -2.46. The minimum atomic E-state index is 0.652. The Labute approximate surface area is 207 Å². The molecule has 1 N–H and O–H groups in total. The van der Waals surface area contributed by atoms with Gasteiger partial charge in [0.1, 0.15) is 0 Å². The Morgan fingerprint density at radius 2 is 1.74 bits per heavy atom. The average Bonchev–Trinajstić information content (AvgIpc) is 3.43. The molecule has 10 heteroatoms. The normalized spacial score (nSPS) is 15.0. The summed E-state index contributed by atoms with van der Waals surface area (Å²) in [6.07, 6.45) is 0. The summed E-state index contributed by atoms with van der Waals surface area (Å²) in [5.74, 6) is 1.31. The van der Waals surface area contributed by atoms with Crippen LogP contribution in [0.1, 0.15) is 17.0 Å². The van der Waals surface area contributed by atoms with Crippen LogP contribution in [0.4, 0.5) is 10.8 Å². The van der Waals surface area contributed by atoms with Gasteiger partial charge in [-0.1, -0.05) is 58.5 Å². The standard InChI is InChI=1S/C24H27N7OS2/c1-17-7-9-19(10-8-17)25-23-27-31(24(33)34-23)16-30-13-11-29(12-14-30)15-21-26-22(28-32-21)20-6-4-3-5-18(20)2/h3-10H,11-16H2,1-2H3,(H,25,27). The van der Waals surface area contributed by atoms with Crippen LogP contribution < -0.4 is 5.32 Å². The van der Waals surface area contributed by atoms with Gasteiger partial charge in [-0.2, -0.15) is 4.98 Å². The molecular formula is C24H27N7OS2. The second-order valence-electron chi connectivity index (χ2n) is 8.53. The van der Waals surface area contributed by atoms with Crippen LogP contribution in [0, 0.1) is 17.8 Å². The number of aryl methyl sites for hydroxylation is 2. The van der Waals surface area contributed by atoms with Crippen molar-refractivity contribution in [2.75, 3.05) is 31.5 Å². The maximum Gasteiger partial charge on any atom is 0.241 e.